The van der Waals surface area contributed by atoms with Crippen molar-refractivity contribution < 1.29 is 5.32 Å². The molecule has 1 heteroatoms. The van der Waals surface area contributed by atoms with Gasteiger partial charge in [-0.3, -0.25) is 0 Å². The zero-order chi connectivity index (χ0) is 7.52. The van der Waals surface area contributed by atoms with Crippen LogP contribution in [0.4, 0.5) is 0 Å². The quantitative estimate of drug-likeness (QED) is 0.614. The molecule has 0 saturated carbocycles. The Morgan fingerprint density at radius 2 is 2.00 bits per heavy atom. The second-order valence-corrected chi connectivity index (χ2v) is 3.18. The van der Waals surface area contributed by atoms with E-state index < -0.39 is 0 Å². The van der Waals surface area contributed by atoms with E-state index in [1.165, 1.54) is 24.9 Å². The summed E-state index contributed by atoms with van der Waals surface area (Å²) in [7, 11) is 0. The molecule has 11 heavy (non-hydrogen) atoms. The van der Waals surface area contributed by atoms with Gasteiger partial charge >= 0.3 is 0 Å². The van der Waals surface area contributed by atoms with Crippen LogP contribution in [0, 0.1) is 0 Å². The van der Waals surface area contributed by atoms with Crippen LogP contribution in [0.2, 0.25) is 0 Å². The molecular weight excluding hydrogens is 134 g/mol. The van der Waals surface area contributed by atoms with Gasteiger partial charge in [-0.1, -0.05) is 30.3 Å². The van der Waals surface area contributed by atoms with Crippen LogP contribution in [0.5, 0.6) is 0 Å². The highest BCUT2D eigenvalue weighted by Crippen LogP contribution is 2.16. The van der Waals surface area contributed by atoms with E-state index in [4.69, 9.17) is 0 Å². The Bertz CT molecular complexity index is 212. The summed E-state index contributed by atoms with van der Waals surface area (Å²) in [5.41, 5.74) is 1.49. The van der Waals surface area contributed by atoms with Crippen LogP contribution in [-0.2, 0) is 0 Å². The van der Waals surface area contributed by atoms with Crippen LogP contribution < -0.4 is 5.32 Å². The third kappa shape index (κ3) is 1.43. The molecule has 1 aromatic carbocycles. The van der Waals surface area contributed by atoms with Crippen molar-refractivity contribution in [2.24, 2.45) is 0 Å². The van der Waals surface area contributed by atoms with Gasteiger partial charge in [-0.2, -0.15) is 0 Å². The lowest BCUT2D eigenvalue weighted by atomic mass is 10.1. The molecule has 0 aromatic heterocycles. The minimum absolute atomic E-state index is 0.746. The van der Waals surface area contributed by atoms with Crippen molar-refractivity contribution in [1.29, 1.82) is 0 Å². The first-order chi connectivity index (χ1) is 5.47. The van der Waals surface area contributed by atoms with Crippen LogP contribution in [0.3, 0.4) is 0 Å². The molecule has 1 heterocycles. The highest BCUT2D eigenvalue weighted by molar-refractivity contribution is 5.17. The topological polar surface area (TPSA) is 16.6 Å². The Kier molecular flexibility index (Phi) is 1.91. The predicted molar refractivity (Wildman–Crippen MR) is 45.2 cm³/mol. The number of hydrogen-bond acceptors (Lipinski definition) is 0. The lowest BCUT2D eigenvalue weighted by Crippen LogP contribution is -2.81. The Morgan fingerprint density at radius 1 is 1.18 bits per heavy atom. The van der Waals surface area contributed by atoms with Gasteiger partial charge in [-0.05, 0) is 0 Å². The number of rotatable bonds is 1. The predicted octanol–water partition coefficient (Wildman–Crippen LogP) is 1.08. The molecule has 1 saturated heterocycles. The maximum Gasteiger partial charge on any atom is 0.112 e. The molecule has 1 aromatic rings. The van der Waals surface area contributed by atoms with Crippen molar-refractivity contribution in [1.82, 2.24) is 0 Å². The van der Waals surface area contributed by atoms with Gasteiger partial charge in [0.25, 0.3) is 0 Å². The van der Waals surface area contributed by atoms with Crippen molar-refractivity contribution in [2.45, 2.75) is 18.9 Å². The molecule has 2 N–H and O–H groups in total. The van der Waals surface area contributed by atoms with E-state index in [9.17, 15) is 0 Å². The Morgan fingerprint density at radius 3 is 2.64 bits per heavy atom. The largest absolute Gasteiger partial charge is 0.340 e. The molecule has 0 radical (unpaired) electrons. The van der Waals surface area contributed by atoms with Crippen molar-refractivity contribution in [2.75, 3.05) is 6.54 Å². The third-order valence-electron chi connectivity index (χ3n) is 2.40. The standard InChI is InChI=1S/C10H13N/c1-2-5-9(6-3-1)10-7-4-8-11-10/h1-3,5-6,10-11H,4,7-8H2/p+1/t10-/m1/s1. The molecule has 58 valence electrons. The van der Waals surface area contributed by atoms with Crippen LogP contribution in [-0.4, -0.2) is 6.54 Å². The zero-order valence-corrected chi connectivity index (χ0v) is 6.66. The molecular formula is C10H14N+. The molecule has 0 bridgehead atoms. The summed E-state index contributed by atoms with van der Waals surface area (Å²) < 4.78 is 0. The van der Waals surface area contributed by atoms with Crippen LogP contribution in [0.25, 0.3) is 0 Å². The first kappa shape index (κ1) is 6.86. The van der Waals surface area contributed by atoms with Gasteiger partial charge in [0.15, 0.2) is 0 Å². The molecule has 0 unspecified atom stereocenters. The van der Waals surface area contributed by atoms with Crippen molar-refractivity contribution in [3.8, 4) is 0 Å². The van der Waals surface area contributed by atoms with E-state index in [2.05, 4.69) is 35.6 Å². The summed E-state index contributed by atoms with van der Waals surface area (Å²) in [5.74, 6) is 0. The minimum Gasteiger partial charge on any atom is -0.340 e. The molecule has 1 aliphatic rings. The average Bonchev–Trinajstić information content (AvgIpc) is 2.58. The van der Waals surface area contributed by atoms with Gasteiger partial charge in [-0.25, -0.2) is 0 Å². The van der Waals surface area contributed by atoms with Crippen molar-refractivity contribution in [3.05, 3.63) is 35.9 Å². The van der Waals surface area contributed by atoms with Crippen molar-refractivity contribution in [3.63, 3.8) is 0 Å². The Balaban J connectivity index is 2.16. The maximum absolute atomic E-state index is 2.44. The molecule has 1 aliphatic heterocycles. The summed E-state index contributed by atoms with van der Waals surface area (Å²) in [4.78, 5) is 0. The highest BCUT2D eigenvalue weighted by Gasteiger charge is 2.19. The van der Waals surface area contributed by atoms with Gasteiger partial charge in [0, 0.05) is 18.4 Å². The third-order valence-corrected chi connectivity index (χ3v) is 2.40. The van der Waals surface area contributed by atoms with Gasteiger partial charge in [0.2, 0.25) is 0 Å². The van der Waals surface area contributed by atoms with E-state index in [1.54, 1.807) is 0 Å². The molecule has 1 fully saturated rings. The van der Waals surface area contributed by atoms with Gasteiger partial charge < -0.3 is 5.32 Å². The smallest absolute Gasteiger partial charge is 0.112 e. The summed E-state index contributed by atoms with van der Waals surface area (Å²) >= 11 is 0. The van der Waals surface area contributed by atoms with Gasteiger partial charge in [0.1, 0.15) is 6.04 Å². The van der Waals surface area contributed by atoms with Gasteiger partial charge in [-0.15, -0.1) is 0 Å². The lowest BCUT2D eigenvalue weighted by Gasteiger charge is -2.05. The fraction of sp³-hybridized carbons (Fsp3) is 0.400. The summed E-state index contributed by atoms with van der Waals surface area (Å²) in [6.07, 6.45) is 2.73. The first-order valence-electron chi connectivity index (χ1n) is 4.35. The zero-order valence-electron chi connectivity index (χ0n) is 6.66. The molecule has 2 rings (SSSR count). The second-order valence-electron chi connectivity index (χ2n) is 3.18. The number of hydrogen-bond donors (Lipinski definition) is 1. The lowest BCUT2D eigenvalue weighted by molar-refractivity contribution is -0.676. The van der Waals surface area contributed by atoms with E-state index in [0.29, 0.717) is 0 Å². The fourth-order valence-electron chi connectivity index (χ4n) is 1.78. The molecule has 0 spiro atoms. The fourth-order valence-corrected chi connectivity index (χ4v) is 1.78. The van der Waals surface area contributed by atoms with Crippen LogP contribution in [0.15, 0.2) is 30.3 Å². The summed E-state index contributed by atoms with van der Waals surface area (Å²) in [5, 5.41) is 2.44. The van der Waals surface area contributed by atoms with E-state index >= 15 is 0 Å². The van der Waals surface area contributed by atoms with Gasteiger partial charge in [0.05, 0.1) is 6.54 Å². The first-order valence-corrected chi connectivity index (χ1v) is 4.35. The van der Waals surface area contributed by atoms with E-state index in [-0.39, 0.29) is 0 Å². The number of quaternary nitrogens is 1. The highest BCUT2D eigenvalue weighted by atomic mass is 14.9. The van der Waals surface area contributed by atoms with Crippen LogP contribution in [0.1, 0.15) is 24.4 Å². The normalized spacial score (nSPS) is 23.8. The summed E-state index contributed by atoms with van der Waals surface area (Å²) in [6, 6.07) is 11.5. The SMILES string of the molecule is c1ccc([C@H]2CCC[NH2+]2)cc1. The molecule has 1 atom stereocenters. The average molecular weight is 148 g/mol. The maximum atomic E-state index is 2.44. The van der Waals surface area contributed by atoms with E-state index in [1.807, 2.05) is 0 Å². The van der Waals surface area contributed by atoms with E-state index in [0.717, 1.165) is 6.04 Å². The molecule has 0 aliphatic carbocycles. The van der Waals surface area contributed by atoms with Crippen molar-refractivity contribution >= 4 is 0 Å². The Labute approximate surface area is 67.4 Å². The summed E-state index contributed by atoms with van der Waals surface area (Å²) in [6.45, 7) is 1.31. The number of benzene rings is 1. The Hall–Kier alpha value is -0.820. The van der Waals surface area contributed by atoms with Crippen LogP contribution >= 0.6 is 0 Å². The monoisotopic (exact) mass is 148 g/mol. The number of nitrogens with two attached hydrogens (primary N) is 1. The minimum atomic E-state index is 0.746. The second kappa shape index (κ2) is 3.05. The molecule has 1 nitrogen and oxygen atoms in total. The molecule has 0 amide bonds.